The molecule has 0 spiro atoms. The Morgan fingerprint density at radius 2 is 2.18 bits per heavy atom. The Bertz CT molecular complexity index is 282. The van der Waals surface area contributed by atoms with Gasteiger partial charge in [-0.2, -0.15) is 0 Å². The summed E-state index contributed by atoms with van der Waals surface area (Å²) >= 11 is 0. The summed E-state index contributed by atoms with van der Waals surface area (Å²) in [5.74, 6) is 1.86. The Balaban J connectivity index is 2.22. The average molecular weight is 236 g/mol. The normalized spacial score (nSPS) is 39.4. The van der Waals surface area contributed by atoms with Crippen molar-refractivity contribution in [3.8, 4) is 0 Å². The lowest BCUT2D eigenvalue weighted by molar-refractivity contribution is -0.0793. The maximum absolute atomic E-state index is 5.78. The van der Waals surface area contributed by atoms with Gasteiger partial charge in [0.05, 0.1) is 6.10 Å². The van der Waals surface area contributed by atoms with Crippen LogP contribution in [0.15, 0.2) is 11.6 Å². The Labute approximate surface area is 107 Å². The number of allylic oxidation sites excluding steroid dienone is 1. The highest BCUT2D eigenvalue weighted by molar-refractivity contribution is 5.21. The summed E-state index contributed by atoms with van der Waals surface area (Å²) in [6.07, 6.45) is 10.8. The highest BCUT2D eigenvalue weighted by Gasteiger charge is 2.51. The smallest absolute Gasteiger partial charge is 0.0662 e. The maximum atomic E-state index is 5.78. The average Bonchev–Trinajstić information content (AvgIpc) is 2.35. The minimum atomic E-state index is 0.382. The van der Waals surface area contributed by atoms with E-state index in [-0.39, 0.29) is 0 Å². The van der Waals surface area contributed by atoms with Crippen LogP contribution in [0.3, 0.4) is 0 Å². The van der Waals surface area contributed by atoms with E-state index in [1.54, 1.807) is 5.57 Å². The molecule has 0 aliphatic heterocycles. The lowest BCUT2D eigenvalue weighted by Crippen LogP contribution is -2.49. The zero-order valence-electron chi connectivity index (χ0n) is 12.0. The van der Waals surface area contributed by atoms with Crippen molar-refractivity contribution in [2.24, 2.45) is 17.3 Å². The highest BCUT2D eigenvalue weighted by atomic mass is 16.5. The second-order valence-electron chi connectivity index (χ2n) is 6.25. The summed E-state index contributed by atoms with van der Waals surface area (Å²) in [6, 6.07) is 0. The highest BCUT2D eigenvalue weighted by Crippen LogP contribution is 2.58. The molecule has 0 saturated heterocycles. The van der Waals surface area contributed by atoms with Crippen LogP contribution in [0.4, 0.5) is 0 Å². The van der Waals surface area contributed by atoms with Crippen LogP contribution in [0, 0.1) is 17.3 Å². The van der Waals surface area contributed by atoms with Gasteiger partial charge < -0.3 is 4.74 Å². The van der Waals surface area contributed by atoms with E-state index in [0.29, 0.717) is 11.5 Å². The summed E-state index contributed by atoms with van der Waals surface area (Å²) < 4.78 is 5.78. The van der Waals surface area contributed by atoms with E-state index in [4.69, 9.17) is 4.74 Å². The number of methoxy groups -OCH3 is 1. The number of hydrogen-bond acceptors (Lipinski definition) is 1. The van der Waals surface area contributed by atoms with Crippen molar-refractivity contribution in [1.82, 2.24) is 0 Å². The van der Waals surface area contributed by atoms with Crippen molar-refractivity contribution in [1.29, 1.82) is 0 Å². The molecule has 98 valence electrons. The molecule has 17 heavy (non-hydrogen) atoms. The fourth-order valence-corrected chi connectivity index (χ4v) is 4.10. The van der Waals surface area contributed by atoms with Crippen LogP contribution in [0.1, 0.15) is 59.3 Å². The van der Waals surface area contributed by atoms with Crippen molar-refractivity contribution >= 4 is 0 Å². The lowest BCUT2D eigenvalue weighted by Gasteiger charge is -2.54. The van der Waals surface area contributed by atoms with Crippen molar-refractivity contribution in [2.75, 3.05) is 7.11 Å². The van der Waals surface area contributed by atoms with Crippen molar-refractivity contribution in [2.45, 2.75) is 65.4 Å². The van der Waals surface area contributed by atoms with E-state index >= 15 is 0 Å². The first-order valence-electron chi connectivity index (χ1n) is 7.34. The summed E-state index contributed by atoms with van der Waals surface area (Å²) in [6.45, 7) is 7.05. The first kappa shape index (κ1) is 13.1. The van der Waals surface area contributed by atoms with Gasteiger partial charge in [-0.1, -0.05) is 31.9 Å². The molecule has 0 aromatic heterocycles. The molecule has 3 aliphatic rings. The number of rotatable bonds is 3. The fourth-order valence-electron chi connectivity index (χ4n) is 4.10. The quantitative estimate of drug-likeness (QED) is 0.652. The van der Waals surface area contributed by atoms with Gasteiger partial charge in [0.1, 0.15) is 0 Å². The maximum Gasteiger partial charge on any atom is 0.0662 e. The van der Waals surface area contributed by atoms with E-state index in [9.17, 15) is 0 Å². The molecular formula is C16H28O. The third kappa shape index (κ3) is 2.19. The molecule has 2 atom stereocenters. The molecule has 0 heterocycles. The summed E-state index contributed by atoms with van der Waals surface area (Å²) in [4.78, 5) is 0. The largest absolute Gasteiger partial charge is 0.381 e. The van der Waals surface area contributed by atoms with E-state index in [1.807, 2.05) is 7.11 Å². The van der Waals surface area contributed by atoms with Crippen LogP contribution >= 0.6 is 0 Å². The van der Waals surface area contributed by atoms with Gasteiger partial charge in [0.15, 0.2) is 0 Å². The Hall–Kier alpha value is -0.300. The molecule has 1 saturated carbocycles. The third-order valence-electron chi connectivity index (χ3n) is 5.43. The predicted octanol–water partition coefficient (Wildman–Crippen LogP) is 4.57. The minimum absolute atomic E-state index is 0.382. The van der Waals surface area contributed by atoms with E-state index in [0.717, 1.165) is 18.3 Å². The number of ether oxygens (including phenoxy) is 1. The van der Waals surface area contributed by atoms with Crippen LogP contribution in [0.2, 0.25) is 0 Å². The molecule has 0 aromatic carbocycles. The van der Waals surface area contributed by atoms with Gasteiger partial charge in [-0.3, -0.25) is 0 Å². The molecule has 0 N–H and O–H groups in total. The Morgan fingerprint density at radius 3 is 2.76 bits per heavy atom. The van der Waals surface area contributed by atoms with Gasteiger partial charge in [0.25, 0.3) is 0 Å². The molecule has 1 heteroatoms. The van der Waals surface area contributed by atoms with E-state index < -0.39 is 0 Å². The SMILES string of the molecule is CCC(OC)C12CC(C1)C(C)CCCC=C2C. The third-order valence-corrected chi connectivity index (χ3v) is 5.43. The molecule has 2 bridgehead atoms. The van der Waals surface area contributed by atoms with Crippen molar-refractivity contribution < 1.29 is 4.74 Å². The van der Waals surface area contributed by atoms with Gasteiger partial charge in [0, 0.05) is 12.5 Å². The van der Waals surface area contributed by atoms with E-state index in [2.05, 4.69) is 26.8 Å². The summed E-state index contributed by atoms with van der Waals surface area (Å²) in [7, 11) is 1.89. The topological polar surface area (TPSA) is 9.23 Å². The van der Waals surface area contributed by atoms with E-state index in [1.165, 1.54) is 32.1 Å². The molecule has 2 unspecified atom stereocenters. The van der Waals surface area contributed by atoms with Gasteiger partial charge in [-0.15, -0.1) is 0 Å². The van der Waals surface area contributed by atoms with Crippen LogP contribution in [0.25, 0.3) is 0 Å². The molecule has 1 fully saturated rings. The Morgan fingerprint density at radius 1 is 1.47 bits per heavy atom. The first-order valence-corrected chi connectivity index (χ1v) is 7.34. The standard InChI is InChI=1S/C16H28O/c1-5-15(17-4)16-10-14(11-16)12(2)8-6-7-9-13(16)3/h9,12,14-15H,5-8,10-11H2,1-4H3. The van der Waals surface area contributed by atoms with Crippen LogP contribution < -0.4 is 0 Å². The summed E-state index contributed by atoms with van der Waals surface area (Å²) in [5.41, 5.74) is 1.99. The molecule has 1 nitrogen and oxygen atoms in total. The van der Waals surface area contributed by atoms with Gasteiger partial charge in [0.2, 0.25) is 0 Å². The van der Waals surface area contributed by atoms with Crippen molar-refractivity contribution in [3.05, 3.63) is 11.6 Å². The monoisotopic (exact) mass is 236 g/mol. The predicted molar refractivity (Wildman–Crippen MR) is 73.0 cm³/mol. The van der Waals surface area contributed by atoms with Crippen LogP contribution in [-0.4, -0.2) is 13.2 Å². The minimum Gasteiger partial charge on any atom is -0.381 e. The zero-order chi connectivity index (χ0) is 12.5. The molecule has 3 aliphatic carbocycles. The van der Waals surface area contributed by atoms with Gasteiger partial charge >= 0.3 is 0 Å². The van der Waals surface area contributed by atoms with Crippen LogP contribution in [0.5, 0.6) is 0 Å². The van der Waals surface area contributed by atoms with Gasteiger partial charge in [-0.05, 0) is 50.9 Å². The van der Waals surface area contributed by atoms with Gasteiger partial charge in [-0.25, -0.2) is 0 Å². The molecule has 0 aromatic rings. The zero-order valence-corrected chi connectivity index (χ0v) is 12.0. The molecule has 0 amide bonds. The number of fused-ring (bicyclic) bond motifs is 4. The first-order chi connectivity index (χ1) is 8.14. The summed E-state index contributed by atoms with van der Waals surface area (Å²) in [5, 5.41) is 0. The molecular weight excluding hydrogens is 208 g/mol. The number of hydrogen-bond donors (Lipinski definition) is 0. The van der Waals surface area contributed by atoms with Crippen LogP contribution in [-0.2, 0) is 4.74 Å². The second kappa shape index (κ2) is 5.14. The second-order valence-corrected chi connectivity index (χ2v) is 6.25. The molecule has 3 rings (SSSR count). The lowest BCUT2D eigenvalue weighted by atomic mass is 9.52. The molecule has 0 radical (unpaired) electrons. The Kier molecular flexibility index (Phi) is 3.97. The fraction of sp³-hybridized carbons (Fsp3) is 0.875. The van der Waals surface area contributed by atoms with Crippen molar-refractivity contribution in [3.63, 3.8) is 0 Å².